The van der Waals surface area contributed by atoms with Crippen LogP contribution >= 0.6 is 0 Å². The number of allylic oxidation sites excluding steroid dienone is 8. The van der Waals surface area contributed by atoms with Crippen molar-refractivity contribution < 1.29 is 52.1 Å². The minimum absolute atomic E-state index is 0.00682. The normalized spacial score (nSPS) is 11.7. The molecule has 1 heterocycles. The second kappa shape index (κ2) is 62.7. The first kappa shape index (κ1) is 88.2. The van der Waals surface area contributed by atoms with E-state index in [0.717, 1.165) is 154 Å². The molecule has 0 saturated heterocycles. The van der Waals surface area contributed by atoms with Gasteiger partial charge in [0.2, 0.25) is 11.2 Å². The van der Waals surface area contributed by atoms with E-state index in [9.17, 15) is 28.8 Å². The third kappa shape index (κ3) is 45.0. The second-order valence-corrected chi connectivity index (χ2v) is 28.0. The number of esters is 4. The van der Waals surface area contributed by atoms with Crippen molar-refractivity contribution >= 4 is 41.3 Å². The van der Waals surface area contributed by atoms with Gasteiger partial charge in [-0.2, -0.15) is 0 Å². The van der Waals surface area contributed by atoms with Gasteiger partial charge in [-0.3, -0.25) is 28.8 Å². The summed E-state index contributed by atoms with van der Waals surface area (Å²) in [5, 5.41) is -0.218. The van der Waals surface area contributed by atoms with Gasteiger partial charge in [-0.1, -0.05) is 282 Å². The average Bonchev–Trinajstić information content (AvgIpc) is 0.757. The maximum atomic E-state index is 14.9. The van der Waals surface area contributed by atoms with Crippen LogP contribution in [0.25, 0.3) is 22.3 Å². The van der Waals surface area contributed by atoms with E-state index in [1.165, 1.54) is 184 Å². The molecule has 12 nitrogen and oxygen atoms in total. The zero-order valence-corrected chi connectivity index (χ0v) is 63.6. The Labute approximate surface area is 606 Å². The number of hydrogen-bond donors (Lipinski definition) is 0. The van der Waals surface area contributed by atoms with Crippen LogP contribution in [0.2, 0.25) is 0 Å². The first-order valence-electron chi connectivity index (χ1n) is 41.0. The van der Waals surface area contributed by atoms with E-state index in [-0.39, 0.29) is 77.4 Å². The van der Waals surface area contributed by atoms with Crippen molar-refractivity contribution in [3.63, 3.8) is 0 Å². The molecule has 0 bridgehead atoms. The second-order valence-electron chi connectivity index (χ2n) is 28.0. The Morgan fingerprint density at radius 1 is 0.330 bits per heavy atom. The highest BCUT2D eigenvalue weighted by molar-refractivity contribution is 5.91. The topological polar surface area (TPSA) is 162 Å². The van der Waals surface area contributed by atoms with Crippen molar-refractivity contribution in [1.82, 2.24) is 0 Å². The van der Waals surface area contributed by atoms with Gasteiger partial charge in [0.15, 0.2) is 17.3 Å². The summed E-state index contributed by atoms with van der Waals surface area (Å²) in [5.41, 5.74) is -0.790. The predicted molar refractivity (Wildman–Crippen MR) is 415 cm³/mol. The van der Waals surface area contributed by atoms with Crippen LogP contribution < -0.4 is 29.1 Å². The lowest BCUT2D eigenvalue weighted by Crippen LogP contribution is -2.17. The number of carbonyl (C=O) groups is 5. The summed E-state index contributed by atoms with van der Waals surface area (Å²) in [7, 11) is 0. The maximum Gasteiger partial charge on any atom is 0.311 e. The Hall–Kier alpha value is -6.04. The molecule has 0 aliphatic rings. The van der Waals surface area contributed by atoms with E-state index in [1.807, 2.05) is 0 Å². The molecule has 0 saturated carbocycles. The van der Waals surface area contributed by atoms with E-state index in [0.29, 0.717) is 25.7 Å². The zero-order valence-electron chi connectivity index (χ0n) is 63.6. The van der Waals surface area contributed by atoms with Crippen molar-refractivity contribution in [2.75, 3.05) is 0 Å². The average molecular weight is 1390 g/mol. The van der Waals surface area contributed by atoms with Gasteiger partial charge in [0, 0.05) is 43.4 Å². The van der Waals surface area contributed by atoms with Crippen LogP contribution in [-0.2, 0) is 24.0 Å². The molecule has 100 heavy (non-hydrogen) atoms. The lowest BCUT2D eigenvalue weighted by Gasteiger charge is -2.15. The molecule has 0 amide bonds. The lowest BCUT2D eigenvalue weighted by atomic mass is 10.1. The fourth-order valence-electron chi connectivity index (χ4n) is 12.6. The number of carbonyl (C=O) groups excluding carboxylic acids is 5. The van der Waals surface area contributed by atoms with Crippen LogP contribution in [0.5, 0.6) is 28.7 Å². The Kier molecular flexibility index (Phi) is 55.3. The van der Waals surface area contributed by atoms with Gasteiger partial charge in [0.25, 0.3) is 6.47 Å². The summed E-state index contributed by atoms with van der Waals surface area (Å²) in [6.07, 6.45) is 76.9. The van der Waals surface area contributed by atoms with Crippen molar-refractivity contribution in [3.05, 3.63) is 89.2 Å². The molecule has 0 atom stereocenters. The van der Waals surface area contributed by atoms with Gasteiger partial charge in [-0.15, -0.1) is 0 Å². The monoisotopic (exact) mass is 1390 g/mol. The highest BCUT2D eigenvalue weighted by Gasteiger charge is 2.26. The summed E-state index contributed by atoms with van der Waals surface area (Å²) in [4.78, 5) is 81.7. The Balaban J connectivity index is 1.83. The minimum Gasteiger partial charge on any atom is -0.452 e. The Morgan fingerprint density at radius 2 is 0.630 bits per heavy atom. The molecule has 3 rings (SSSR count). The molecule has 0 N–H and O–H groups in total. The summed E-state index contributed by atoms with van der Waals surface area (Å²) >= 11 is 0. The van der Waals surface area contributed by atoms with Crippen LogP contribution in [0, 0.1) is 0 Å². The number of unbranched alkanes of at least 4 members (excludes halogenated alkanes) is 44. The van der Waals surface area contributed by atoms with E-state index < -0.39 is 35.1 Å². The highest BCUT2D eigenvalue weighted by Crippen LogP contribution is 2.41. The molecular weight excluding hydrogens is 1250 g/mol. The first-order valence-corrected chi connectivity index (χ1v) is 41.0. The molecule has 2 aromatic carbocycles. The number of fused-ring (bicyclic) bond motifs is 1. The number of rotatable bonds is 67. The lowest BCUT2D eigenvalue weighted by molar-refractivity contribution is -0.137. The van der Waals surface area contributed by atoms with E-state index in [2.05, 4.69) is 76.3 Å². The van der Waals surface area contributed by atoms with Crippen LogP contribution in [0.15, 0.2) is 88.2 Å². The molecule has 0 radical (unpaired) electrons. The molecule has 3 aromatic rings. The first-order chi connectivity index (χ1) is 49.1. The minimum atomic E-state index is -0.824. The molecule has 0 aliphatic carbocycles. The van der Waals surface area contributed by atoms with Gasteiger partial charge >= 0.3 is 23.9 Å². The largest absolute Gasteiger partial charge is 0.452 e. The van der Waals surface area contributed by atoms with Gasteiger partial charge in [-0.25, -0.2) is 0 Å². The van der Waals surface area contributed by atoms with Gasteiger partial charge in [-0.05, 0) is 147 Å². The molecular formula is C88H138O12. The Bertz CT molecular complexity index is 2780. The van der Waals surface area contributed by atoms with Crippen molar-refractivity contribution in [2.45, 2.75) is 387 Å². The van der Waals surface area contributed by atoms with E-state index >= 15 is 0 Å². The van der Waals surface area contributed by atoms with Crippen molar-refractivity contribution in [2.24, 2.45) is 0 Å². The fourth-order valence-corrected chi connectivity index (χ4v) is 12.6. The molecule has 562 valence electrons. The van der Waals surface area contributed by atoms with Crippen LogP contribution in [-0.4, -0.2) is 30.3 Å². The molecule has 0 spiro atoms. The molecule has 1 aromatic heterocycles. The summed E-state index contributed by atoms with van der Waals surface area (Å²) in [6, 6.07) is 7.10. The van der Waals surface area contributed by atoms with Gasteiger partial charge in [0.05, 0.1) is 0 Å². The van der Waals surface area contributed by atoms with Crippen LogP contribution in [0.1, 0.15) is 387 Å². The van der Waals surface area contributed by atoms with Crippen LogP contribution in [0.4, 0.5) is 0 Å². The standard InChI is InChI=1S/C88H138O12/c1-5-9-13-17-21-25-29-33-37-41-45-49-53-57-61-65-81(90)96-76-72-79(95-74-89)85-80(73-76)99-87(88(86(85)94)100-84(93)68-64-60-56-52-48-44-40-36-32-28-24-20-16-12-8-4)75-69-70-77(97-82(91)66-62-58-54-50-46-42-38-34-30-26-22-18-14-10-6-2)78(71-75)98-83(92)67-63-59-55-51-47-43-39-35-31-27-23-19-15-11-7-3/h33-40,69-74H,5-32,41-68H2,1-4H3/b37-33-,38-34-,39-35-,40-36-. The van der Waals surface area contributed by atoms with Gasteiger partial charge in [0.1, 0.15) is 22.5 Å². The molecule has 12 heteroatoms. The molecule has 0 unspecified atom stereocenters. The third-order valence-electron chi connectivity index (χ3n) is 18.7. The van der Waals surface area contributed by atoms with Crippen molar-refractivity contribution in [3.8, 4) is 40.1 Å². The summed E-state index contributed by atoms with van der Waals surface area (Å²) in [5.74, 6) is -3.22. The third-order valence-corrected chi connectivity index (χ3v) is 18.7. The number of hydrogen-bond acceptors (Lipinski definition) is 12. The van der Waals surface area contributed by atoms with E-state index in [1.54, 1.807) is 0 Å². The number of benzene rings is 2. The van der Waals surface area contributed by atoms with Gasteiger partial charge < -0.3 is 28.1 Å². The molecule has 0 fully saturated rings. The Morgan fingerprint density at radius 3 is 0.970 bits per heavy atom. The van der Waals surface area contributed by atoms with Crippen molar-refractivity contribution in [1.29, 1.82) is 0 Å². The number of ether oxygens (including phenoxy) is 5. The SMILES string of the molecule is CCCCCCCC/C=C\CCCCCCCC(=O)Oc1cc(OC=O)c2c(=O)c(OC(=O)CCCCCCC/C=C\CCCCCCCC)c(-c3ccc(OC(=O)CCCCCCC/C=C\CCCCCCCC)c(OC(=O)CCCCCCC/C=C\CCCCCCCC)c3)oc2c1. The summed E-state index contributed by atoms with van der Waals surface area (Å²) in [6.45, 7) is 9.14. The van der Waals surface area contributed by atoms with E-state index in [4.69, 9.17) is 28.1 Å². The fraction of sp³-hybridized carbons (Fsp3) is 0.682. The molecule has 0 aliphatic heterocycles. The predicted octanol–water partition coefficient (Wildman–Crippen LogP) is 26.8. The summed E-state index contributed by atoms with van der Waals surface area (Å²) < 4.78 is 35.7. The van der Waals surface area contributed by atoms with Crippen LogP contribution in [0.3, 0.4) is 0 Å². The maximum absolute atomic E-state index is 14.9. The zero-order chi connectivity index (χ0) is 71.8. The highest BCUT2D eigenvalue weighted by atomic mass is 16.6. The smallest absolute Gasteiger partial charge is 0.311 e. The quantitative estimate of drug-likeness (QED) is 0.0173.